The number of carbonyl (C=O) groups is 1. The van der Waals surface area contributed by atoms with Crippen LogP contribution in [0, 0.1) is 0 Å². The molecule has 150 valence electrons. The molecule has 0 bridgehead atoms. The zero-order valence-electron chi connectivity index (χ0n) is 16.6. The lowest BCUT2D eigenvalue weighted by atomic mass is 10.1. The van der Waals surface area contributed by atoms with Gasteiger partial charge < -0.3 is 14.2 Å². The standard InChI is InChI=1S/C24H21N3O3/c1-29-20-12-10-17(11-13-20)22-25-23(30-26-22)21-7-4-14-27(21)24(28)19-9-8-16-5-2-3-6-18(16)15-19/h2-3,5-6,8-13,15,21H,4,7,14H2,1H3. The van der Waals surface area contributed by atoms with E-state index in [1.807, 2.05) is 71.6 Å². The molecule has 1 fully saturated rings. The van der Waals surface area contributed by atoms with Crippen LogP contribution < -0.4 is 4.74 Å². The summed E-state index contributed by atoms with van der Waals surface area (Å²) in [6.07, 6.45) is 1.72. The van der Waals surface area contributed by atoms with E-state index in [1.165, 1.54) is 0 Å². The van der Waals surface area contributed by atoms with E-state index < -0.39 is 0 Å². The molecule has 30 heavy (non-hydrogen) atoms. The molecule has 1 unspecified atom stereocenters. The Hall–Kier alpha value is -3.67. The number of hydrogen-bond acceptors (Lipinski definition) is 5. The van der Waals surface area contributed by atoms with E-state index in [0.29, 0.717) is 23.8 Å². The van der Waals surface area contributed by atoms with Gasteiger partial charge in [0.2, 0.25) is 11.7 Å². The maximum Gasteiger partial charge on any atom is 0.254 e. The van der Waals surface area contributed by atoms with Gasteiger partial charge in [-0.2, -0.15) is 4.98 Å². The van der Waals surface area contributed by atoms with Crippen molar-refractivity contribution in [2.45, 2.75) is 18.9 Å². The number of nitrogens with zero attached hydrogens (tertiary/aromatic N) is 3. The van der Waals surface area contributed by atoms with Crippen LogP contribution in [0.3, 0.4) is 0 Å². The Balaban J connectivity index is 1.40. The molecular formula is C24H21N3O3. The highest BCUT2D eigenvalue weighted by Gasteiger charge is 2.34. The van der Waals surface area contributed by atoms with Crippen LogP contribution in [-0.4, -0.2) is 34.6 Å². The van der Waals surface area contributed by atoms with Gasteiger partial charge in [0.25, 0.3) is 5.91 Å². The van der Waals surface area contributed by atoms with Crippen LogP contribution in [-0.2, 0) is 0 Å². The summed E-state index contributed by atoms with van der Waals surface area (Å²) in [6, 6.07) is 21.2. The molecule has 0 radical (unpaired) electrons. The summed E-state index contributed by atoms with van der Waals surface area (Å²) in [7, 11) is 1.63. The van der Waals surface area contributed by atoms with Gasteiger partial charge in [-0.1, -0.05) is 35.5 Å². The number of likely N-dealkylation sites (tertiary alicyclic amines) is 1. The average molecular weight is 399 g/mol. The molecular weight excluding hydrogens is 378 g/mol. The van der Waals surface area contributed by atoms with Crippen molar-refractivity contribution in [3.63, 3.8) is 0 Å². The summed E-state index contributed by atoms with van der Waals surface area (Å²) in [6.45, 7) is 0.677. The summed E-state index contributed by atoms with van der Waals surface area (Å²) < 4.78 is 10.8. The van der Waals surface area contributed by atoms with Crippen LogP contribution in [0.25, 0.3) is 22.2 Å². The fourth-order valence-corrected chi connectivity index (χ4v) is 3.98. The quantitative estimate of drug-likeness (QED) is 0.489. The highest BCUT2D eigenvalue weighted by atomic mass is 16.5. The van der Waals surface area contributed by atoms with Crippen molar-refractivity contribution in [1.29, 1.82) is 0 Å². The fourth-order valence-electron chi connectivity index (χ4n) is 3.98. The van der Waals surface area contributed by atoms with E-state index in [0.717, 1.165) is 34.9 Å². The summed E-state index contributed by atoms with van der Waals surface area (Å²) in [5.74, 6) is 1.75. The number of methoxy groups -OCH3 is 1. The molecule has 1 amide bonds. The van der Waals surface area contributed by atoms with Crippen molar-refractivity contribution >= 4 is 16.7 Å². The van der Waals surface area contributed by atoms with Gasteiger partial charge in [0.05, 0.1) is 7.11 Å². The van der Waals surface area contributed by atoms with Crippen molar-refractivity contribution in [3.05, 3.63) is 78.2 Å². The SMILES string of the molecule is COc1ccc(-c2noc(C3CCCN3C(=O)c3ccc4ccccc4c3)n2)cc1. The average Bonchev–Trinajstić information content (AvgIpc) is 3.48. The van der Waals surface area contributed by atoms with Gasteiger partial charge in [0, 0.05) is 17.7 Å². The molecule has 1 aromatic heterocycles. The van der Waals surface area contributed by atoms with E-state index in [1.54, 1.807) is 7.11 Å². The molecule has 2 heterocycles. The predicted octanol–water partition coefficient (Wildman–Crippen LogP) is 4.88. The second-order valence-corrected chi connectivity index (χ2v) is 7.40. The first kappa shape index (κ1) is 18.4. The number of fused-ring (bicyclic) bond motifs is 1. The highest BCUT2D eigenvalue weighted by Crippen LogP contribution is 2.33. The van der Waals surface area contributed by atoms with Crippen molar-refractivity contribution in [1.82, 2.24) is 15.0 Å². The molecule has 0 N–H and O–H groups in total. The lowest BCUT2D eigenvalue weighted by molar-refractivity contribution is 0.0710. The normalized spacial score (nSPS) is 16.2. The number of amides is 1. The van der Waals surface area contributed by atoms with Gasteiger partial charge in [-0.15, -0.1) is 0 Å². The first-order valence-electron chi connectivity index (χ1n) is 10.0. The second-order valence-electron chi connectivity index (χ2n) is 7.40. The molecule has 1 saturated heterocycles. The Morgan fingerprint density at radius 1 is 1.07 bits per heavy atom. The third-order valence-corrected chi connectivity index (χ3v) is 5.59. The van der Waals surface area contributed by atoms with Crippen molar-refractivity contribution < 1.29 is 14.1 Å². The maximum absolute atomic E-state index is 13.2. The monoisotopic (exact) mass is 399 g/mol. The van der Waals surface area contributed by atoms with Gasteiger partial charge in [-0.3, -0.25) is 4.79 Å². The van der Waals surface area contributed by atoms with Crippen LogP contribution in [0.4, 0.5) is 0 Å². The van der Waals surface area contributed by atoms with E-state index in [2.05, 4.69) is 10.1 Å². The largest absolute Gasteiger partial charge is 0.497 e. The Labute approximate surface area is 174 Å². The Morgan fingerprint density at radius 2 is 1.87 bits per heavy atom. The van der Waals surface area contributed by atoms with Gasteiger partial charge in [0.15, 0.2) is 0 Å². The number of rotatable bonds is 4. The highest BCUT2D eigenvalue weighted by molar-refractivity contribution is 5.98. The number of ether oxygens (including phenoxy) is 1. The third kappa shape index (κ3) is 3.30. The molecule has 6 nitrogen and oxygen atoms in total. The van der Waals surface area contributed by atoms with Crippen LogP contribution in [0.1, 0.15) is 35.1 Å². The van der Waals surface area contributed by atoms with Crippen LogP contribution in [0.5, 0.6) is 5.75 Å². The molecule has 6 heteroatoms. The molecule has 0 saturated carbocycles. The zero-order chi connectivity index (χ0) is 20.5. The van der Waals surface area contributed by atoms with Crippen LogP contribution in [0.15, 0.2) is 71.3 Å². The number of carbonyl (C=O) groups excluding carboxylic acids is 1. The summed E-state index contributed by atoms with van der Waals surface area (Å²) in [5.41, 5.74) is 1.52. The molecule has 4 aromatic rings. The van der Waals surface area contributed by atoms with Gasteiger partial charge >= 0.3 is 0 Å². The van der Waals surface area contributed by atoms with Crippen molar-refractivity contribution in [2.75, 3.05) is 13.7 Å². The molecule has 1 aliphatic heterocycles. The number of aromatic nitrogens is 2. The smallest absolute Gasteiger partial charge is 0.254 e. The number of benzene rings is 3. The molecule has 1 aliphatic rings. The van der Waals surface area contributed by atoms with E-state index in [-0.39, 0.29) is 11.9 Å². The number of hydrogen-bond donors (Lipinski definition) is 0. The van der Waals surface area contributed by atoms with Crippen molar-refractivity contribution in [2.24, 2.45) is 0 Å². The maximum atomic E-state index is 13.2. The Bertz CT molecular complexity index is 1200. The van der Waals surface area contributed by atoms with Gasteiger partial charge in [0.1, 0.15) is 11.8 Å². The molecule has 5 rings (SSSR count). The first-order valence-corrected chi connectivity index (χ1v) is 10.0. The molecule has 0 aliphatic carbocycles. The Morgan fingerprint density at radius 3 is 2.67 bits per heavy atom. The lowest BCUT2D eigenvalue weighted by Gasteiger charge is -2.22. The van der Waals surface area contributed by atoms with E-state index in [9.17, 15) is 4.79 Å². The molecule has 3 aromatic carbocycles. The van der Waals surface area contributed by atoms with E-state index in [4.69, 9.17) is 9.26 Å². The van der Waals surface area contributed by atoms with Crippen LogP contribution in [0.2, 0.25) is 0 Å². The van der Waals surface area contributed by atoms with Gasteiger partial charge in [-0.25, -0.2) is 0 Å². The first-order chi connectivity index (χ1) is 14.7. The lowest BCUT2D eigenvalue weighted by Crippen LogP contribution is -2.30. The summed E-state index contributed by atoms with van der Waals surface area (Å²) in [4.78, 5) is 19.7. The topological polar surface area (TPSA) is 68.5 Å². The predicted molar refractivity (Wildman–Crippen MR) is 113 cm³/mol. The minimum atomic E-state index is -0.205. The van der Waals surface area contributed by atoms with Crippen LogP contribution >= 0.6 is 0 Å². The Kier molecular flexibility index (Phi) is 4.67. The third-order valence-electron chi connectivity index (χ3n) is 5.59. The van der Waals surface area contributed by atoms with Gasteiger partial charge in [-0.05, 0) is 60.0 Å². The molecule has 0 spiro atoms. The molecule has 1 atom stereocenters. The minimum absolute atomic E-state index is 0.00699. The second kappa shape index (κ2) is 7.63. The fraction of sp³-hybridized carbons (Fsp3) is 0.208. The minimum Gasteiger partial charge on any atom is -0.497 e. The van der Waals surface area contributed by atoms with E-state index >= 15 is 0 Å². The summed E-state index contributed by atoms with van der Waals surface area (Å²) in [5, 5.41) is 6.30. The summed E-state index contributed by atoms with van der Waals surface area (Å²) >= 11 is 0. The zero-order valence-corrected chi connectivity index (χ0v) is 16.6. The van der Waals surface area contributed by atoms with Crippen molar-refractivity contribution in [3.8, 4) is 17.1 Å².